The molecule has 186 valence electrons. The fourth-order valence-electron chi connectivity index (χ4n) is 4.79. The molecule has 3 aromatic rings. The molecule has 5 heterocycles. The minimum atomic E-state index is -0.223. The van der Waals surface area contributed by atoms with Gasteiger partial charge in [0.1, 0.15) is 5.65 Å². The number of piperazine rings is 1. The predicted octanol–water partition coefficient (Wildman–Crippen LogP) is 3.49. The van der Waals surface area contributed by atoms with Crippen molar-refractivity contribution in [3.8, 4) is 0 Å². The highest BCUT2D eigenvalue weighted by atomic mass is 79.9. The van der Waals surface area contributed by atoms with Gasteiger partial charge in [0, 0.05) is 63.4 Å². The van der Waals surface area contributed by atoms with Crippen LogP contribution in [0.5, 0.6) is 0 Å². The van der Waals surface area contributed by atoms with Crippen molar-refractivity contribution in [2.75, 3.05) is 42.9 Å². The third-order valence-corrected chi connectivity index (χ3v) is 7.13. The summed E-state index contributed by atoms with van der Waals surface area (Å²) in [5.74, 6) is -0.00156. The van der Waals surface area contributed by atoms with Crippen LogP contribution in [0.4, 0.5) is 11.4 Å². The molecule has 35 heavy (non-hydrogen) atoms. The van der Waals surface area contributed by atoms with Crippen molar-refractivity contribution in [1.82, 2.24) is 25.2 Å². The lowest BCUT2D eigenvalue weighted by atomic mass is 10.1. The van der Waals surface area contributed by atoms with Crippen molar-refractivity contribution >= 4 is 62.6 Å². The van der Waals surface area contributed by atoms with Gasteiger partial charge in [-0.15, -0.1) is 12.4 Å². The summed E-state index contributed by atoms with van der Waals surface area (Å²) >= 11 is 3.67. The number of carbonyl (C=O) groups is 2. The third kappa shape index (κ3) is 5.44. The zero-order chi connectivity index (χ0) is 23.7. The number of nitrogens with one attached hydrogen (secondary N) is 3. The van der Waals surface area contributed by atoms with Gasteiger partial charge < -0.3 is 25.4 Å². The second-order valence-electron chi connectivity index (χ2n) is 8.95. The average Bonchev–Trinajstić information content (AvgIpc) is 3.49. The lowest BCUT2D eigenvalue weighted by Gasteiger charge is -2.37. The molecule has 5 rings (SSSR count). The van der Waals surface area contributed by atoms with Crippen LogP contribution in [0.15, 0.2) is 35.3 Å². The summed E-state index contributed by atoms with van der Waals surface area (Å²) in [5, 5.41) is 7.27. The molecule has 11 heteroatoms. The molecule has 0 spiro atoms. The standard InChI is InChI=1S/C24H28BrN7O2.ClH/c1-15-9-16(12-26-11-15)24(34)30-19-14-29-23-21(19)22(18(25)13-28-23)32-7-5-31(6-8-32)20(33)10-17-3-2-4-27-17;/h9,11-14,17,27H,2-8,10H2,1H3,(H,28,29)(H,30,34);1H. The summed E-state index contributed by atoms with van der Waals surface area (Å²) in [5.41, 5.74) is 3.75. The number of aromatic nitrogens is 3. The average molecular weight is 563 g/mol. The van der Waals surface area contributed by atoms with E-state index >= 15 is 0 Å². The summed E-state index contributed by atoms with van der Waals surface area (Å²) in [6, 6.07) is 2.12. The Kier molecular flexibility index (Phi) is 7.93. The molecule has 2 fully saturated rings. The number of amides is 2. The third-order valence-electron chi connectivity index (χ3n) is 6.55. The van der Waals surface area contributed by atoms with Gasteiger partial charge in [0.05, 0.1) is 26.8 Å². The van der Waals surface area contributed by atoms with E-state index in [2.05, 4.69) is 46.4 Å². The van der Waals surface area contributed by atoms with Gasteiger partial charge in [-0.05, 0) is 53.9 Å². The van der Waals surface area contributed by atoms with E-state index in [1.54, 1.807) is 24.8 Å². The van der Waals surface area contributed by atoms with Crippen LogP contribution < -0.4 is 15.5 Å². The number of nitrogens with zero attached hydrogens (tertiary/aromatic N) is 4. The van der Waals surface area contributed by atoms with Gasteiger partial charge >= 0.3 is 0 Å². The van der Waals surface area contributed by atoms with Crippen molar-refractivity contribution in [2.45, 2.75) is 32.2 Å². The van der Waals surface area contributed by atoms with E-state index < -0.39 is 0 Å². The highest BCUT2D eigenvalue weighted by Crippen LogP contribution is 2.38. The maximum atomic E-state index is 12.9. The van der Waals surface area contributed by atoms with Crippen LogP contribution in [0.3, 0.4) is 0 Å². The fraction of sp³-hybridized carbons (Fsp3) is 0.417. The number of H-pyrrole nitrogens is 1. The van der Waals surface area contributed by atoms with Gasteiger partial charge in [0.25, 0.3) is 5.91 Å². The number of pyridine rings is 2. The molecular weight excluding hydrogens is 534 g/mol. The summed E-state index contributed by atoms with van der Waals surface area (Å²) in [7, 11) is 0. The van der Waals surface area contributed by atoms with Crippen molar-refractivity contribution in [3.63, 3.8) is 0 Å². The Morgan fingerprint density at radius 3 is 2.71 bits per heavy atom. The summed E-state index contributed by atoms with van der Waals surface area (Å²) in [6.07, 6.45) is 9.61. The second-order valence-corrected chi connectivity index (χ2v) is 9.81. The number of hydrogen-bond acceptors (Lipinski definition) is 6. The van der Waals surface area contributed by atoms with Crippen LogP contribution in [0.1, 0.15) is 35.2 Å². The van der Waals surface area contributed by atoms with Crippen LogP contribution in [-0.2, 0) is 4.79 Å². The van der Waals surface area contributed by atoms with E-state index in [4.69, 9.17) is 0 Å². The maximum Gasteiger partial charge on any atom is 0.257 e. The molecule has 0 radical (unpaired) electrons. The predicted molar refractivity (Wildman–Crippen MR) is 142 cm³/mol. The zero-order valence-electron chi connectivity index (χ0n) is 19.5. The van der Waals surface area contributed by atoms with E-state index in [1.165, 1.54) is 0 Å². The van der Waals surface area contributed by atoms with Crippen molar-refractivity contribution in [1.29, 1.82) is 0 Å². The molecule has 2 aliphatic rings. The van der Waals surface area contributed by atoms with E-state index in [0.29, 0.717) is 55.5 Å². The lowest BCUT2D eigenvalue weighted by molar-refractivity contribution is -0.131. The first kappa shape index (κ1) is 25.4. The highest BCUT2D eigenvalue weighted by Gasteiger charge is 2.27. The molecule has 1 atom stereocenters. The molecule has 1 unspecified atom stereocenters. The monoisotopic (exact) mass is 561 g/mol. The summed E-state index contributed by atoms with van der Waals surface area (Å²) < 4.78 is 0.849. The first-order valence-corrected chi connectivity index (χ1v) is 12.4. The molecule has 9 nitrogen and oxygen atoms in total. The molecule has 2 amide bonds. The highest BCUT2D eigenvalue weighted by molar-refractivity contribution is 9.10. The molecule has 0 aliphatic carbocycles. The van der Waals surface area contributed by atoms with Crippen LogP contribution in [0.25, 0.3) is 11.0 Å². The maximum absolute atomic E-state index is 12.9. The number of aromatic amines is 1. The van der Waals surface area contributed by atoms with Gasteiger partial charge in [0.15, 0.2) is 0 Å². The number of hydrogen-bond donors (Lipinski definition) is 3. The second kappa shape index (κ2) is 10.9. The smallest absolute Gasteiger partial charge is 0.257 e. The molecule has 2 aliphatic heterocycles. The number of aryl methyl sites for hydroxylation is 1. The Bertz CT molecular complexity index is 1220. The molecule has 3 N–H and O–H groups in total. The Labute approximate surface area is 218 Å². The van der Waals surface area contributed by atoms with Gasteiger partial charge in [-0.3, -0.25) is 14.6 Å². The lowest BCUT2D eigenvalue weighted by Crippen LogP contribution is -2.49. The number of anilines is 2. The number of halogens is 2. The fourth-order valence-corrected chi connectivity index (χ4v) is 5.34. The number of fused-ring (bicyclic) bond motifs is 1. The number of rotatable bonds is 5. The molecule has 0 saturated carbocycles. The van der Waals surface area contributed by atoms with Gasteiger partial charge in [0.2, 0.25) is 5.91 Å². The summed E-state index contributed by atoms with van der Waals surface area (Å²) in [4.78, 5) is 41.6. The Hall–Kier alpha value is -2.69. The van der Waals surface area contributed by atoms with E-state index in [0.717, 1.165) is 40.5 Å². The van der Waals surface area contributed by atoms with Crippen LogP contribution in [-0.4, -0.2) is 70.4 Å². The van der Waals surface area contributed by atoms with Crippen LogP contribution in [0.2, 0.25) is 0 Å². The number of carbonyl (C=O) groups excluding carboxylic acids is 2. The minimum Gasteiger partial charge on any atom is -0.366 e. The molecule has 0 aromatic carbocycles. The van der Waals surface area contributed by atoms with Crippen LogP contribution >= 0.6 is 28.3 Å². The van der Waals surface area contributed by atoms with Gasteiger partial charge in [-0.25, -0.2) is 4.98 Å². The normalized spacial score (nSPS) is 17.9. The zero-order valence-corrected chi connectivity index (χ0v) is 21.9. The topological polar surface area (TPSA) is 106 Å². The SMILES string of the molecule is Cc1cncc(C(=O)Nc2c[nH]c3ncc(Br)c(N4CCN(C(=O)CC5CCCN5)CC4)c23)c1.Cl. The van der Waals surface area contributed by atoms with Gasteiger partial charge in [-0.1, -0.05) is 0 Å². The first-order chi connectivity index (χ1) is 16.5. The van der Waals surface area contributed by atoms with Crippen LogP contribution in [0, 0.1) is 6.92 Å². The van der Waals surface area contributed by atoms with E-state index in [1.807, 2.05) is 17.9 Å². The molecule has 3 aromatic heterocycles. The largest absolute Gasteiger partial charge is 0.366 e. The minimum absolute atomic E-state index is 0. The Morgan fingerprint density at radius 1 is 1.20 bits per heavy atom. The Morgan fingerprint density at radius 2 is 2.00 bits per heavy atom. The van der Waals surface area contributed by atoms with E-state index in [-0.39, 0.29) is 24.2 Å². The molecular formula is C24H29BrClN7O2. The Balaban J connectivity index is 0.00000289. The molecule has 2 saturated heterocycles. The first-order valence-electron chi connectivity index (χ1n) is 11.6. The van der Waals surface area contributed by atoms with Gasteiger partial charge in [-0.2, -0.15) is 0 Å². The summed E-state index contributed by atoms with van der Waals surface area (Å²) in [6.45, 7) is 5.67. The quantitative estimate of drug-likeness (QED) is 0.440. The molecule has 0 bridgehead atoms. The van der Waals surface area contributed by atoms with Crippen molar-refractivity contribution < 1.29 is 9.59 Å². The van der Waals surface area contributed by atoms with Crippen molar-refractivity contribution in [3.05, 3.63) is 46.5 Å². The van der Waals surface area contributed by atoms with E-state index in [9.17, 15) is 9.59 Å². The van der Waals surface area contributed by atoms with Crippen molar-refractivity contribution in [2.24, 2.45) is 0 Å².